The first-order valence-corrected chi connectivity index (χ1v) is 5.77. The summed E-state index contributed by atoms with van der Waals surface area (Å²) in [5.41, 5.74) is 1.55. The van der Waals surface area contributed by atoms with E-state index in [-0.39, 0.29) is 11.7 Å². The van der Waals surface area contributed by atoms with E-state index >= 15 is 0 Å². The Kier molecular flexibility index (Phi) is 3.13. The van der Waals surface area contributed by atoms with Gasteiger partial charge in [-0.1, -0.05) is 6.07 Å². The topological polar surface area (TPSA) is 40.5 Å². The molecule has 0 unspecified atom stereocenters. The van der Waals surface area contributed by atoms with Crippen molar-refractivity contribution in [1.29, 1.82) is 0 Å². The van der Waals surface area contributed by atoms with Crippen molar-refractivity contribution in [2.75, 3.05) is 13.1 Å². The van der Waals surface area contributed by atoms with Gasteiger partial charge >= 0.3 is 0 Å². The normalized spacial score (nSPS) is 16.2. The number of aromatic hydroxyl groups is 1. The van der Waals surface area contributed by atoms with Gasteiger partial charge in [0.05, 0.1) is 0 Å². The van der Waals surface area contributed by atoms with Crippen LogP contribution in [-0.2, 0) is 0 Å². The average Bonchev–Trinajstić information content (AvgIpc) is 2.32. The number of phenolic OH excluding ortho intramolecular Hbond substituents is 1. The number of amides is 1. The third kappa shape index (κ3) is 2.18. The summed E-state index contributed by atoms with van der Waals surface area (Å²) in [4.78, 5) is 14.1. The molecule has 1 amide bonds. The van der Waals surface area contributed by atoms with E-state index in [0.717, 1.165) is 31.5 Å². The zero-order chi connectivity index (χ0) is 11.5. The van der Waals surface area contributed by atoms with Gasteiger partial charge in [-0.15, -0.1) is 0 Å². The molecule has 2 rings (SSSR count). The van der Waals surface area contributed by atoms with Gasteiger partial charge < -0.3 is 10.0 Å². The molecule has 1 heterocycles. The second kappa shape index (κ2) is 4.56. The maximum Gasteiger partial charge on any atom is 0.254 e. The van der Waals surface area contributed by atoms with Crippen LogP contribution in [0.5, 0.6) is 5.75 Å². The summed E-state index contributed by atoms with van der Waals surface area (Å²) in [5.74, 6) is 0.207. The van der Waals surface area contributed by atoms with Crippen molar-refractivity contribution in [2.45, 2.75) is 26.2 Å². The molecule has 0 bridgehead atoms. The summed E-state index contributed by atoms with van der Waals surface area (Å²) in [6, 6.07) is 4.96. The van der Waals surface area contributed by atoms with Gasteiger partial charge in [-0.3, -0.25) is 4.79 Å². The quantitative estimate of drug-likeness (QED) is 0.787. The van der Waals surface area contributed by atoms with E-state index < -0.39 is 0 Å². The van der Waals surface area contributed by atoms with Gasteiger partial charge in [0.2, 0.25) is 0 Å². The van der Waals surface area contributed by atoms with Crippen molar-refractivity contribution in [2.24, 2.45) is 0 Å². The molecule has 3 nitrogen and oxygen atoms in total. The highest BCUT2D eigenvalue weighted by Gasteiger charge is 2.19. The fourth-order valence-corrected chi connectivity index (χ4v) is 2.11. The predicted octanol–water partition coefficient (Wildman–Crippen LogP) is 2.33. The number of piperidine rings is 1. The predicted molar refractivity (Wildman–Crippen MR) is 62.6 cm³/mol. The highest BCUT2D eigenvalue weighted by atomic mass is 16.3. The van der Waals surface area contributed by atoms with Crippen LogP contribution in [0.25, 0.3) is 0 Å². The van der Waals surface area contributed by atoms with Gasteiger partial charge in [-0.2, -0.15) is 0 Å². The Labute approximate surface area is 95.7 Å². The number of phenols is 1. The van der Waals surface area contributed by atoms with Gasteiger partial charge in [0, 0.05) is 18.7 Å². The Bertz CT molecular complexity index is 395. The molecular weight excluding hydrogens is 202 g/mol. The second-order valence-corrected chi connectivity index (χ2v) is 4.35. The highest BCUT2D eigenvalue weighted by molar-refractivity contribution is 5.96. The minimum atomic E-state index is 0.0492. The molecule has 0 atom stereocenters. The van der Waals surface area contributed by atoms with Crippen LogP contribution in [0, 0.1) is 6.92 Å². The Morgan fingerprint density at radius 3 is 2.62 bits per heavy atom. The van der Waals surface area contributed by atoms with Crippen LogP contribution in [0.1, 0.15) is 35.2 Å². The Morgan fingerprint density at radius 2 is 1.94 bits per heavy atom. The zero-order valence-electron chi connectivity index (χ0n) is 9.57. The molecule has 1 aromatic rings. The van der Waals surface area contributed by atoms with E-state index in [1.165, 1.54) is 6.42 Å². The van der Waals surface area contributed by atoms with Crippen molar-refractivity contribution >= 4 is 5.91 Å². The fraction of sp³-hybridized carbons (Fsp3) is 0.462. The number of likely N-dealkylation sites (tertiary alicyclic amines) is 1. The standard InChI is InChI=1S/C13H17NO2/c1-10-5-6-11(15)9-12(10)13(16)14-7-3-2-4-8-14/h5-6,9,15H,2-4,7-8H2,1H3. The Morgan fingerprint density at radius 1 is 1.25 bits per heavy atom. The maximum atomic E-state index is 12.2. The van der Waals surface area contributed by atoms with Crippen LogP contribution in [0.4, 0.5) is 0 Å². The first kappa shape index (κ1) is 11.0. The molecule has 0 radical (unpaired) electrons. The molecule has 1 saturated heterocycles. The third-order valence-corrected chi connectivity index (χ3v) is 3.09. The number of rotatable bonds is 1. The smallest absolute Gasteiger partial charge is 0.254 e. The maximum absolute atomic E-state index is 12.2. The first-order valence-electron chi connectivity index (χ1n) is 5.77. The van der Waals surface area contributed by atoms with Crippen molar-refractivity contribution in [1.82, 2.24) is 4.90 Å². The summed E-state index contributed by atoms with van der Waals surface area (Å²) in [7, 11) is 0. The van der Waals surface area contributed by atoms with E-state index in [1.807, 2.05) is 11.8 Å². The molecule has 1 fully saturated rings. The molecule has 16 heavy (non-hydrogen) atoms. The molecule has 1 aliphatic heterocycles. The van der Waals surface area contributed by atoms with Gasteiger partial charge in [-0.25, -0.2) is 0 Å². The minimum absolute atomic E-state index is 0.0492. The monoisotopic (exact) mass is 219 g/mol. The number of aryl methyl sites for hydroxylation is 1. The molecule has 0 aliphatic carbocycles. The van der Waals surface area contributed by atoms with E-state index in [0.29, 0.717) is 5.56 Å². The number of benzene rings is 1. The van der Waals surface area contributed by atoms with Crippen molar-refractivity contribution < 1.29 is 9.90 Å². The van der Waals surface area contributed by atoms with Crippen LogP contribution >= 0.6 is 0 Å². The van der Waals surface area contributed by atoms with Crippen molar-refractivity contribution in [3.05, 3.63) is 29.3 Å². The third-order valence-electron chi connectivity index (χ3n) is 3.09. The molecule has 0 aromatic heterocycles. The van der Waals surface area contributed by atoms with E-state index in [2.05, 4.69) is 0 Å². The lowest BCUT2D eigenvalue weighted by atomic mass is 10.0. The van der Waals surface area contributed by atoms with Gasteiger partial charge in [0.15, 0.2) is 0 Å². The zero-order valence-corrected chi connectivity index (χ0v) is 9.57. The number of hydrogen-bond acceptors (Lipinski definition) is 2. The van der Waals surface area contributed by atoms with Crippen LogP contribution in [-0.4, -0.2) is 29.0 Å². The van der Waals surface area contributed by atoms with Gasteiger partial charge in [0.1, 0.15) is 5.75 Å². The SMILES string of the molecule is Cc1ccc(O)cc1C(=O)N1CCCCC1. The lowest BCUT2D eigenvalue weighted by Gasteiger charge is -2.27. The first-order chi connectivity index (χ1) is 7.68. The largest absolute Gasteiger partial charge is 0.508 e. The molecule has 86 valence electrons. The lowest BCUT2D eigenvalue weighted by Crippen LogP contribution is -2.35. The fourth-order valence-electron chi connectivity index (χ4n) is 2.11. The Balaban J connectivity index is 2.22. The van der Waals surface area contributed by atoms with Crippen LogP contribution < -0.4 is 0 Å². The molecule has 1 N–H and O–H groups in total. The van der Waals surface area contributed by atoms with Crippen molar-refractivity contribution in [3.63, 3.8) is 0 Å². The summed E-state index contributed by atoms with van der Waals surface area (Å²) in [6.07, 6.45) is 3.38. The van der Waals surface area contributed by atoms with Gasteiger partial charge in [0.25, 0.3) is 5.91 Å². The van der Waals surface area contributed by atoms with Crippen LogP contribution in [0.2, 0.25) is 0 Å². The molecule has 0 spiro atoms. The van der Waals surface area contributed by atoms with Crippen molar-refractivity contribution in [3.8, 4) is 5.75 Å². The second-order valence-electron chi connectivity index (χ2n) is 4.35. The Hall–Kier alpha value is -1.51. The molecule has 1 aromatic carbocycles. The highest BCUT2D eigenvalue weighted by Crippen LogP contribution is 2.19. The summed E-state index contributed by atoms with van der Waals surface area (Å²) in [5, 5.41) is 9.41. The van der Waals surface area contributed by atoms with Crippen LogP contribution in [0.3, 0.4) is 0 Å². The number of nitrogens with zero attached hydrogens (tertiary/aromatic N) is 1. The van der Waals surface area contributed by atoms with E-state index in [9.17, 15) is 9.90 Å². The molecule has 0 saturated carbocycles. The molecule has 3 heteroatoms. The number of carbonyl (C=O) groups is 1. The molecular formula is C13H17NO2. The molecule has 1 aliphatic rings. The van der Waals surface area contributed by atoms with Crippen LogP contribution in [0.15, 0.2) is 18.2 Å². The average molecular weight is 219 g/mol. The van der Waals surface area contributed by atoms with E-state index in [4.69, 9.17) is 0 Å². The summed E-state index contributed by atoms with van der Waals surface area (Å²) in [6.45, 7) is 3.58. The summed E-state index contributed by atoms with van der Waals surface area (Å²) >= 11 is 0. The van der Waals surface area contributed by atoms with Gasteiger partial charge in [-0.05, 0) is 43.9 Å². The number of hydrogen-bond donors (Lipinski definition) is 1. The lowest BCUT2D eigenvalue weighted by molar-refractivity contribution is 0.0723. The summed E-state index contributed by atoms with van der Waals surface area (Å²) < 4.78 is 0. The minimum Gasteiger partial charge on any atom is -0.508 e. The number of carbonyl (C=O) groups excluding carboxylic acids is 1. The van der Waals surface area contributed by atoms with E-state index in [1.54, 1.807) is 18.2 Å².